The number of halogens is 3. The summed E-state index contributed by atoms with van der Waals surface area (Å²) in [6.45, 7) is 0. The summed E-state index contributed by atoms with van der Waals surface area (Å²) in [6.07, 6.45) is 0. The SMILES string of the molecule is O=S(=O)(O)c1c(I)cc(I)c(OS(=O)(=O)c2c(-c3ccccc3)cc(-c3ccccc3)cc2-c2ccccc2)c1I. The lowest BCUT2D eigenvalue weighted by atomic mass is 9.93. The van der Waals surface area contributed by atoms with Gasteiger partial charge in [-0.1, -0.05) is 91.0 Å². The highest BCUT2D eigenvalue weighted by molar-refractivity contribution is 14.1. The Kier molecular flexibility index (Phi) is 9.11. The van der Waals surface area contributed by atoms with E-state index < -0.39 is 25.1 Å². The molecule has 11 heteroatoms. The van der Waals surface area contributed by atoms with E-state index in [0.717, 1.165) is 11.1 Å². The zero-order chi connectivity index (χ0) is 29.4. The summed E-state index contributed by atoms with van der Waals surface area (Å²) in [4.78, 5) is -0.469. The molecule has 0 fully saturated rings. The Hall–Kier alpha value is -2.05. The van der Waals surface area contributed by atoms with Crippen molar-refractivity contribution in [3.8, 4) is 39.1 Å². The predicted molar refractivity (Wildman–Crippen MR) is 185 cm³/mol. The number of benzene rings is 5. The van der Waals surface area contributed by atoms with Gasteiger partial charge in [0, 0.05) is 14.7 Å². The fraction of sp³-hybridized carbons (Fsp3) is 0. The molecule has 5 rings (SSSR count). The Morgan fingerprint density at radius 2 is 0.976 bits per heavy atom. The van der Waals surface area contributed by atoms with Crippen LogP contribution in [0.4, 0.5) is 0 Å². The first-order chi connectivity index (χ1) is 19.5. The minimum Gasteiger partial charge on any atom is -0.377 e. The summed E-state index contributed by atoms with van der Waals surface area (Å²) >= 11 is 5.37. The number of hydrogen-bond acceptors (Lipinski definition) is 5. The molecule has 0 saturated heterocycles. The maximum Gasteiger partial charge on any atom is 0.340 e. The van der Waals surface area contributed by atoms with Gasteiger partial charge in [0.15, 0.2) is 5.75 Å². The summed E-state index contributed by atoms with van der Waals surface area (Å²) in [6, 6.07) is 33.1. The lowest BCUT2D eigenvalue weighted by molar-refractivity contribution is 0.471. The highest BCUT2D eigenvalue weighted by atomic mass is 127. The Labute approximate surface area is 279 Å². The first kappa shape index (κ1) is 30.4. The Morgan fingerprint density at radius 1 is 0.537 bits per heavy atom. The summed E-state index contributed by atoms with van der Waals surface area (Å²) in [5.74, 6) is -0.176. The Bertz CT molecular complexity index is 1910. The van der Waals surface area contributed by atoms with Crippen LogP contribution in [0.2, 0.25) is 0 Å². The van der Waals surface area contributed by atoms with Gasteiger partial charge >= 0.3 is 10.1 Å². The monoisotopic (exact) mass is 920 g/mol. The first-order valence-corrected chi connectivity index (χ1v) is 18.0. The Morgan fingerprint density at radius 3 is 1.41 bits per heavy atom. The smallest absolute Gasteiger partial charge is 0.340 e. The molecule has 0 radical (unpaired) electrons. The lowest BCUT2D eigenvalue weighted by Crippen LogP contribution is -2.16. The van der Waals surface area contributed by atoms with Gasteiger partial charge in [0.1, 0.15) is 9.79 Å². The molecule has 0 spiro atoms. The second kappa shape index (κ2) is 12.3. The minimum atomic E-state index is -4.66. The van der Waals surface area contributed by atoms with Gasteiger partial charge in [0.2, 0.25) is 0 Å². The van der Waals surface area contributed by atoms with Crippen LogP contribution >= 0.6 is 67.8 Å². The van der Waals surface area contributed by atoms with Crippen LogP contribution in [-0.4, -0.2) is 21.4 Å². The van der Waals surface area contributed by atoms with Crippen molar-refractivity contribution in [2.45, 2.75) is 9.79 Å². The molecular weight excluding hydrogens is 901 g/mol. The number of hydrogen-bond donors (Lipinski definition) is 1. The van der Waals surface area contributed by atoms with Gasteiger partial charge in [-0.15, -0.1) is 0 Å². The van der Waals surface area contributed by atoms with Crippen LogP contribution in [0.3, 0.4) is 0 Å². The molecular formula is C30H19I3O6S2. The van der Waals surface area contributed by atoms with Gasteiger partial charge in [0.05, 0.1) is 7.14 Å². The van der Waals surface area contributed by atoms with Crippen molar-refractivity contribution in [2.75, 3.05) is 0 Å². The fourth-order valence-corrected chi connectivity index (χ4v) is 11.9. The van der Waals surface area contributed by atoms with Crippen LogP contribution < -0.4 is 4.18 Å². The summed E-state index contributed by atoms with van der Waals surface area (Å²) in [5.41, 5.74) is 3.90. The molecule has 0 amide bonds. The van der Waals surface area contributed by atoms with Gasteiger partial charge < -0.3 is 4.18 Å². The van der Waals surface area contributed by atoms with Crippen molar-refractivity contribution < 1.29 is 25.6 Å². The molecule has 0 saturated carbocycles. The van der Waals surface area contributed by atoms with Gasteiger partial charge in [-0.3, -0.25) is 4.55 Å². The fourth-order valence-electron chi connectivity index (χ4n) is 4.38. The summed E-state index contributed by atoms with van der Waals surface area (Å²) in [7, 11) is -9.23. The van der Waals surface area contributed by atoms with E-state index in [-0.39, 0.29) is 17.8 Å². The number of rotatable bonds is 7. The second-order valence-electron chi connectivity index (χ2n) is 8.82. The minimum absolute atomic E-state index is 0.0339. The van der Waals surface area contributed by atoms with E-state index in [9.17, 15) is 21.4 Å². The molecule has 41 heavy (non-hydrogen) atoms. The molecule has 0 aliphatic rings. The van der Waals surface area contributed by atoms with Crippen LogP contribution in [0.1, 0.15) is 0 Å². The molecule has 5 aromatic rings. The highest BCUT2D eigenvalue weighted by Gasteiger charge is 2.32. The second-order valence-corrected chi connectivity index (χ2v) is 15.1. The topological polar surface area (TPSA) is 97.7 Å². The van der Waals surface area contributed by atoms with E-state index in [1.54, 1.807) is 45.2 Å². The largest absolute Gasteiger partial charge is 0.377 e. The molecule has 208 valence electrons. The third-order valence-electron chi connectivity index (χ3n) is 6.15. The molecule has 5 aromatic carbocycles. The lowest BCUT2D eigenvalue weighted by Gasteiger charge is -2.20. The summed E-state index contributed by atoms with van der Waals surface area (Å²) in [5, 5.41) is 0. The van der Waals surface area contributed by atoms with E-state index >= 15 is 0 Å². The van der Waals surface area contributed by atoms with Crippen LogP contribution in [-0.2, 0) is 20.2 Å². The molecule has 6 nitrogen and oxygen atoms in total. The van der Waals surface area contributed by atoms with Crippen LogP contribution in [0.15, 0.2) is 119 Å². The van der Waals surface area contributed by atoms with Gasteiger partial charge in [0.25, 0.3) is 10.1 Å². The highest BCUT2D eigenvalue weighted by Crippen LogP contribution is 2.43. The third-order valence-corrected chi connectivity index (χ3v) is 11.8. The van der Waals surface area contributed by atoms with E-state index in [4.69, 9.17) is 4.18 Å². The molecule has 1 N–H and O–H groups in total. The molecule has 0 heterocycles. The van der Waals surface area contributed by atoms with Crippen molar-refractivity contribution in [3.05, 3.63) is 120 Å². The maximum absolute atomic E-state index is 14.3. The average Bonchev–Trinajstić information content (AvgIpc) is 2.95. The molecule has 0 aliphatic carbocycles. The predicted octanol–water partition coefficient (Wildman–Crippen LogP) is 8.52. The van der Waals surface area contributed by atoms with Crippen LogP contribution in [0.25, 0.3) is 33.4 Å². The van der Waals surface area contributed by atoms with E-state index in [1.807, 2.05) is 126 Å². The van der Waals surface area contributed by atoms with Crippen LogP contribution in [0, 0.1) is 10.7 Å². The zero-order valence-corrected chi connectivity index (χ0v) is 28.9. The van der Waals surface area contributed by atoms with E-state index in [0.29, 0.717) is 25.8 Å². The normalized spacial score (nSPS) is 11.8. The third kappa shape index (κ3) is 6.49. The van der Waals surface area contributed by atoms with Gasteiger partial charge in [-0.25, -0.2) is 0 Å². The van der Waals surface area contributed by atoms with E-state index in [1.165, 1.54) is 6.07 Å². The summed E-state index contributed by atoms with van der Waals surface area (Å²) < 4.78 is 69.2. The average molecular weight is 920 g/mol. The quantitative estimate of drug-likeness (QED) is 0.100. The molecule has 0 atom stereocenters. The van der Waals surface area contributed by atoms with Crippen molar-refractivity contribution in [3.63, 3.8) is 0 Å². The zero-order valence-electron chi connectivity index (χ0n) is 20.8. The van der Waals surface area contributed by atoms with Gasteiger partial charge in [-0.2, -0.15) is 16.8 Å². The molecule has 0 aliphatic heterocycles. The van der Waals surface area contributed by atoms with Crippen molar-refractivity contribution >= 4 is 88.0 Å². The van der Waals surface area contributed by atoms with Crippen molar-refractivity contribution in [2.24, 2.45) is 0 Å². The molecule has 0 bridgehead atoms. The standard InChI is InChI=1S/C30H19I3O6S2/c31-25-18-26(32)30(40(34,35)36)27(33)28(25)39-41(37,38)29-23(20-12-6-2-7-13-20)16-22(19-10-4-1-5-11-19)17-24(29)21-14-8-3-9-15-21/h1-18H,(H,34,35,36). The first-order valence-electron chi connectivity index (χ1n) is 11.9. The van der Waals surface area contributed by atoms with Crippen molar-refractivity contribution in [1.82, 2.24) is 0 Å². The van der Waals surface area contributed by atoms with Crippen molar-refractivity contribution in [1.29, 1.82) is 0 Å². The van der Waals surface area contributed by atoms with E-state index in [2.05, 4.69) is 0 Å². The van der Waals surface area contributed by atoms with Gasteiger partial charge in [-0.05, 0) is 108 Å². The molecule has 0 unspecified atom stereocenters. The van der Waals surface area contributed by atoms with Crippen LogP contribution in [0.5, 0.6) is 5.75 Å². The Balaban J connectivity index is 1.83. The molecule has 0 aromatic heterocycles. The maximum atomic E-state index is 14.3.